The number of aromatic amines is 1. The maximum Gasteiger partial charge on any atom is 0.296 e. The second kappa shape index (κ2) is 3.32. The lowest BCUT2D eigenvalue weighted by molar-refractivity contribution is 0.484. The van der Waals surface area contributed by atoms with Crippen LogP contribution in [0.25, 0.3) is 21.8 Å². The van der Waals surface area contributed by atoms with Gasteiger partial charge in [-0.25, -0.2) is 0 Å². The maximum atomic E-state index is 11.3. The molecule has 0 radical (unpaired) electrons. The van der Waals surface area contributed by atoms with Crippen molar-refractivity contribution in [1.29, 1.82) is 0 Å². The van der Waals surface area contributed by atoms with E-state index in [2.05, 4.69) is 4.98 Å². The minimum absolute atomic E-state index is 0.0915. The van der Waals surface area contributed by atoms with E-state index in [0.29, 0.717) is 5.52 Å². The molecule has 0 amide bonds. The molecule has 3 aromatic rings. The van der Waals surface area contributed by atoms with Gasteiger partial charge in [0.25, 0.3) is 10.1 Å². The maximum absolute atomic E-state index is 11.3. The fourth-order valence-electron chi connectivity index (χ4n) is 2.06. The molecule has 4 nitrogen and oxygen atoms in total. The van der Waals surface area contributed by atoms with Crippen molar-refractivity contribution in [1.82, 2.24) is 4.98 Å². The van der Waals surface area contributed by atoms with Crippen molar-refractivity contribution < 1.29 is 13.0 Å². The Balaban J connectivity index is 2.57. The van der Waals surface area contributed by atoms with E-state index in [-0.39, 0.29) is 4.90 Å². The summed E-state index contributed by atoms with van der Waals surface area (Å²) in [5.74, 6) is 0. The first-order valence-electron chi connectivity index (χ1n) is 5.04. The van der Waals surface area contributed by atoms with E-state index in [0.717, 1.165) is 16.3 Å². The number of fused-ring (bicyclic) bond motifs is 3. The SMILES string of the molecule is O=S(=O)(O)c1cccc2c1[nH]c1ccccc12. The predicted octanol–water partition coefficient (Wildman–Crippen LogP) is 2.57. The zero-order valence-electron chi connectivity index (χ0n) is 8.71. The molecule has 0 fully saturated rings. The predicted molar refractivity (Wildman–Crippen MR) is 65.6 cm³/mol. The lowest BCUT2D eigenvalue weighted by Crippen LogP contribution is -1.98. The normalized spacial score (nSPS) is 12.3. The average molecular weight is 247 g/mol. The summed E-state index contributed by atoms with van der Waals surface area (Å²) < 4.78 is 31.7. The quantitative estimate of drug-likeness (QED) is 0.649. The van der Waals surface area contributed by atoms with Gasteiger partial charge in [-0.15, -0.1) is 0 Å². The Morgan fingerprint density at radius 2 is 1.65 bits per heavy atom. The van der Waals surface area contributed by atoms with Crippen LogP contribution >= 0.6 is 0 Å². The van der Waals surface area contributed by atoms with Gasteiger partial charge in [0, 0.05) is 16.3 Å². The van der Waals surface area contributed by atoms with Crippen LogP contribution in [-0.2, 0) is 10.1 Å². The Kier molecular flexibility index (Phi) is 2.01. The second-order valence-electron chi connectivity index (χ2n) is 3.82. The van der Waals surface area contributed by atoms with Crippen LogP contribution in [0.3, 0.4) is 0 Å². The van der Waals surface area contributed by atoms with Crippen LogP contribution in [0.5, 0.6) is 0 Å². The van der Waals surface area contributed by atoms with Crippen molar-refractivity contribution in [2.24, 2.45) is 0 Å². The zero-order chi connectivity index (χ0) is 12.0. The lowest BCUT2D eigenvalue weighted by atomic mass is 10.1. The molecule has 0 bridgehead atoms. The Bertz CT molecular complexity index is 818. The summed E-state index contributed by atoms with van der Waals surface area (Å²) >= 11 is 0. The van der Waals surface area contributed by atoms with Crippen molar-refractivity contribution in [3.8, 4) is 0 Å². The number of rotatable bonds is 1. The van der Waals surface area contributed by atoms with E-state index in [1.54, 1.807) is 6.07 Å². The third-order valence-electron chi connectivity index (χ3n) is 2.78. The summed E-state index contributed by atoms with van der Waals surface area (Å²) in [6.45, 7) is 0. The lowest BCUT2D eigenvalue weighted by Gasteiger charge is -1.98. The highest BCUT2D eigenvalue weighted by Gasteiger charge is 2.16. The molecule has 0 spiro atoms. The van der Waals surface area contributed by atoms with Crippen LogP contribution < -0.4 is 0 Å². The average Bonchev–Trinajstić information content (AvgIpc) is 2.65. The van der Waals surface area contributed by atoms with E-state index >= 15 is 0 Å². The van der Waals surface area contributed by atoms with Crippen molar-refractivity contribution >= 4 is 31.9 Å². The molecule has 0 unspecified atom stereocenters. The molecule has 0 aliphatic carbocycles. The van der Waals surface area contributed by atoms with E-state index < -0.39 is 10.1 Å². The van der Waals surface area contributed by atoms with Gasteiger partial charge in [0.15, 0.2) is 0 Å². The topological polar surface area (TPSA) is 70.2 Å². The monoisotopic (exact) mass is 247 g/mol. The van der Waals surface area contributed by atoms with Gasteiger partial charge in [-0.05, 0) is 12.1 Å². The molecule has 1 aromatic heterocycles. The van der Waals surface area contributed by atoms with Crippen molar-refractivity contribution in [2.75, 3.05) is 0 Å². The largest absolute Gasteiger partial charge is 0.353 e. The second-order valence-corrected chi connectivity index (χ2v) is 5.21. The summed E-state index contributed by atoms with van der Waals surface area (Å²) in [5.41, 5.74) is 1.29. The van der Waals surface area contributed by atoms with Crippen LogP contribution in [0.15, 0.2) is 47.4 Å². The van der Waals surface area contributed by atoms with Crippen molar-refractivity contribution in [3.63, 3.8) is 0 Å². The Morgan fingerprint density at radius 1 is 0.941 bits per heavy atom. The molecule has 0 aliphatic rings. The zero-order valence-corrected chi connectivity index (χ0v) is 9.53. The molecule has 2 N–H and O–H groups in total. The highest BCUT2D eigenvalue weighted by Crippen LogP contribution is 2.29. The Labute approximate surface area is 97.6 Å². The van der Waals surface area contributed by atoms with Gasteiger partial charge in [0.2, 0.25) is 0 Å². The summed E-state index contributed by atoms with van der Waals surface area (Å²) in [5, 5.41) is 1.73. The van der Waals surface area contributed by atoms with Gasteiger partial charge in [-0.3, -0.25) is 4.55 Å². The molecule has 0 atom stereocenters. The minimum atomic E-state index is -4.21. The van der Waals surface area contributed by atoms with Crippen LogP contribution in [0.1, 0.15) is 0 Å². The third kappa shape index (κ3) is 1.51. The number of H-pyrrole nitrogens is 1. The van der Waals surface area contributed by atoms with E-state index in [9.17, 15) is 8.42 Å². The molecule has 1 heterocycles. The molecular formula is C12H9NO3S. The Hall–Kier alpha value is -1.85. The highest BCUT2D eigenvalue weighted by molar-refractivity contribution is 7.86. The number of hydrogen-bond acceptors (Lipinski definition) is 2. The van der Waals surface area contributed by atoms with Crippen molar-refractivity contribution in [3.05, 3.63) is 42.5 Å². The number of nitrogens with one attached hydrogen (secondary N) is 1. The third-order valence-corrected chi connectivity index (χ3v) is 3.68. The van der Waals surface area contributed by atoms with Crippen LogP contribution in [0.4, 0.5) is 0 Å². The standard InChI is InChI=1S/C12H9NO3S/c14-17(15,16)11-7-3-5-9-8-4-1-2-6-10(8)13-12(9)11/h1-7,13H,(H,14,15,16). The Morgan fingerprint density at radius 3 is 2.41 bits per heavy atom. The van der Waals surface area contributed by atoms with Gasteiger partial charge in [0.1, 0.15) is 4.90 Å². The number of hydrogen-bond donors (Lipinski definition) is 2. The van der Waals surface area contributed by atoms with E-state index in [4.69, 9.17) is 4.55 Å². The number of para-hydroxylation sites is 2. The molecule has 86 valence electrons. The fraction of sp³-hybridized carbons (Fsp3) is 0. The molecule has 5 heteroatoms. The van der Waals surface area contributed by atoms with Gasteiger partial charge >= 0.3 is 0 Å². The van der Waals surface area contributed by atoms with Crippen LogP contribution in [-0.4, -0.2) is 18.0 Å². The molecule has 0 saturated carbocycles. The fourth-order valence-corrected chi connectivity index (χ4v) is 2.73. The van der Waals surface area contributed by atoms with Crippen LogP contribution in [0, 0.1) is 0 Å². The molecule has 17 heavy (non-hydrogen) atoms. The van der Waals surface area contributed by atoms with Gasteiger partial charge in [0.05, 0.1) is 5.52 Å². The molecule has 3 rings (SSSR count). The van der Waals surface area contributed by atoms with E-state index in [1.165, 1.54) is 6.07 Å². The summed E-state index contributed by atoms with van der Waals surface area (Å²) in [6.07, 6.45) is 0. The highest BCUT2D eigenvalue weighted by atomic mass is 32.2. The molecule has 0 saturated heterocycles. The number of aromatic nitrogens is 1. The number of benzene rings is 2. The van der Waals surface area contributed by atoms with Gasteiger partial charge in [-0.2, -0.15) is 8.42 Å². The van der Waals surface area contributed by atoms with Gasteiger partial charge in [-0.1, -0.05) is 30.3 Å². The molecule has 2 aromatic carbocycles. The first-order chi connectivity index (χ1) is 8.07. The first kappa shape index (κ1) is 10.3. The van der Waals surface area contributed by atoms with Crippen molar-refractivity contribution in [2.45, 2.75) is 4.90 Å². The van der Waals surface area contributed by atoms with E-state index in [1.807, 2.05) is 30.3 Å². The summed E-state index contributed by atoms with van der Waals surface area (Å²) in [4.78, 5) is 2.92. The molecular weight excluding hydrogens is 238 g/mol. The smallest absolute Gasteiger partial charge is 0.296 e. The summed E-state index contributed by atoms with van der Waals surface area (Å²) in [7, 11) is -4.21. The minimum Gasteiger partial charge on any atom is -0.353 e. The van der Waals surface area contributed by atoms with Gasteiger partial charge < -0.3 is 4.98 Å². The first-order valence-corrected chi connectivity index (χ1v) is 6.48. The molecule has 0 aliphatic heterocycles. The van der Waals surface area contributed by atoms with Crippen LogP contribution in [0.2, 0.25) is 0 Å². The summed E-state index contributed by atoms with van der Waals surface area (Å²) in [6, 6.07) is 12.3.